The summed E-state index contributed by atoms with van der Waals surface area (Å²) in [6, 6.07) is 11.5. The standard InChI is InChI=1S/C33H42N4O6S/c1-32(2,3)37(31(39)40)33-18-26(33)25-17-22(43-6)13-15-23(25)29-28(20-10-8-7-9-11-20)24-14-12-21(16-27(24)36(29)19-33)30(38)34-44(41,42)35(4)5/h12-17,20,26H,7-11,18-19H2,1-6H3,(H,34,38)(H,39,40)/t26-,33-/m1/s1. The molecule has 6 rings (SSSR count). The molecule has 2 aromatic carbocycles. The van der Waals surface area contributed by atoms with Crippen molar-refractivity contribution in [3.8, 4) is 17.0 Å². The van der Waals surface area contributed by atoms with Crippen LogP contribution in [0.5, 0.6) is 5.75 Å². The number of methoxy groups -OCH3 is 1. The zero-order valence-electron chi connectivity index (χ0n) is 26.3. The minimum atomic E-state index is -3.99. The van der Waals surface area contributed by atoms with E-state index in [1.807, 2.05) is 32.9 Å². The minimum absolute atomic E-state index is 0.0335. The zero-order valence-corrected chi connectivity index (χ0v) is 27.1. The summed E-state index contributed by atoms with van der Waals surface area (Å²) in [7, 11) is 0.387. The van der Waals surface area contributed by atoms with Crippen molar-refractivity contribution in [2.24, 2.45) is 0 Å². The molecule has 1 aliphatic heterocycles. The van der Waals surface area contributed by atoms with Crippen molar-refractivity contribution in [1.29, 1.82) is 0 Å². The number of carboxylic acid groups (broad SMARTS) is 1. The van der Waals surface area contributed by atoms with Crippen LogP contribution in [0.15, 0.2) is 36.4 Å². The van der Waals surface area contributed by atoms with Crippen molar-refractivity contribution in [1.82, 2.24) is 18.5 Å². The van der Waals surface area contributed by atoms with Crippen LogP contribution >= 0.6 is 0 Å². The molecule has 0 spiro atoms. The molecule has 0 radical (unpaired) electrons. The summed E-state index contributed by atoms with van der Waals surface area (Å²) in [6.07, 6.45) is 5.28. The molecule has 0 unspecified atom stereocenters. The first-order chi connectivity index (χ1) is 20.7. The zero-order chi connectivity index (χ0) is 31.8. The summed E-state index contributed by atoms with van der Waals surface area (Å²) in [5.74, 6) is 0.297. The predicted molar refractivity (Wildman–Crippen MR) is 170 cm³/mol. The third-order valence-corrected chi connectivity index (χ3v) is 11.2. The third kappa shape index (κ3) is 4.84. The molecule has 3 aliphatic rings. The van der Waals surface area contributed by atoms with E-state index < -0.39 is 33.3 Å². The van der Waals surface area contributed by atoms with Gasteiger partial charge in [-0.1, -0.05) is 25.3 Å². The summed E-state index contributed by atoms with van der Waals surface area (Å²) in [5, 5.41) is 11.6. The van der Waals surface area contributed by atoms with Crippen LogP contribution in [0, 0.1) is 0 Å². The van der Waals surface area contributed by atoms with E-state index in [0.29, 0.717) is 18.9 Å². The fourth-order valence-electron chi connectivity index (χ4n) is 7.82. The van der Waals surface area contributed by atoms with E-state index in [2.05, 4.69) is 21.4 Å². The molecule has 236 valence electrons. The van der Waals surface area contributed by atoms with E-state index in [-0.39, 0.29) is 11.5 Å². The monoisotopic (exact) mass is 622 g/mol. The number of carbonyl (C=O) groups is 2. The molecule has 0 bridgehead atoms. The highest BCUT2D eigenvalue weighted by molar-refractivity contribution is 7.87. The number of fused-ring (bicyclic) bond motifs is 7. The lowest BCUT2D eigenvalue weighted by Gasteiger charge is -2.41. The molecule has 2 amide bonds. The normalized spacial score (nSPS) is 21.7. The molecule has 0 saturated heterocycles. The van der Waals surface area contributed by atoms with Gasteiger partial charge in [-0.3, -0.25) is 9.69 Å². The van der Waals surface area contributed by atoms with Gasteiger partial charge in [0, 0.05) is 54.1 Å². The number of nitrogens with zero attached hydrogens (tertiary/aromatic N) is 3. The van der Waals surface area contributed by atoms with Gasteiger partial charge in [-0.05, 0) is 87.4 Å². The number of nitrogens with one attached hydrogen (secondary N) is 1. The predicted octanol–water partition coefficient (Wildman–Crippen LogP) is 5.92. The first-order valence-corrected chi connectivity index (χ1v) is 16.8. The van der Waals surface area contributed by atoms with Crippen LogP contribution in [0.1, 0.15) is 92.6 Å². The Hall–Kier alpha value is -3.57. The van der Waals surface area contributed by atoms with Crippen molar-refractivity contribution in [2.45, 2.75) is 88.8 Å². The Morgan fingerprint density at radius 1 is 1.07 bits per heavy atom. The summed E-state index contributed by atoms with van der Waals surface area (Å²) in [5.41, 5.74) is 4.10. The second-order valence-corrected chi connectivity index (χ2v) is 15.6. The molecular weight excluding hydrogens is 580 g/mol. The Balaban J connectivity index is 1.63. The largest absolute Gasteiger partial charge is 0.497 e. The smallest absolute Gasteiger partial charge is 0.408 e. The van der Waals surface area contributed by atoms with E-state index in [9.17, 15) is 23.1 Å². The molecule has 2 heterocycles. The molecule has 2 saturated carbocycles. The minimum Gasteiger partial charge on any atom is -0.497 e. The van der Waals surface area contributed by atoms with E-state index >= 15 is 0 Å². The Labute approximate surface area is 259 Å². The highest BCUT2D eigenvalue weighted by atomic mass is 32.2. The molecule has 2 fully saturated rings. The summed E-state index contributed by atoms with van der Waals surface area (Å²) >= 11 is 0. The van der Waals surface area contributed by atoms with Crippen molar-refractivity contribution in [3.05, 3.63) is 53.1 Å². The summed E-state index contributed by atoms with van der Waals surface area (Å²) in [6.45, 7) is 6.20. The number of aromatic nitrogens is 1. The van der Waals surface area contributed by atoms with Gasteiger partial charge in [0.25, 0.3) is 5.91 Å². The molecule has 44 heavy (non-hydrogen) atoms. The van der Waals surface area contributed by atoms with Gasteiger partial charge in [0.2, 0.25) is 0 Å². The van der Waals surface area contributed by atoms with Gasteiger partial charge in [0.15, 0.2) is 0 Å². The van der Waals surface area contributed by atoms with Crippen molar-refractivity contribution in [3.63, 3.8) is 0 Å². The van der Waals surface area contributed by atoms with Crippen LogP contribution in [0.2, 0.25) is 0 Å². The fourth-order valence-corrected chi connectivity index (χ4v) is 8.36. The Kier molecular flexibility index (Phi) is 7.28. The van der Waals surface area contributed by atoms with Gasteiger partial charge in [-0.15, -0.1) is 0 Å². The molecule has 2 atom stereocenters. The number of ether oxygens (including phenoxy) is 1. The summed E-state index contributed by atoms with van der Waals surface area (Å²) in [4.78, 5) is 27.8. The molecule has 11 heteroatoms. The second kappa shape index (κ2) is 10.5. The lowest BCUT2D eigenvalue weighted by molar-refractivity contribution is 0.0523. The van der Waals surface area contributed by atoms with Crippen LogP contribution in [0.3, 0.4) is 0 Å². The number of amides is 2. The summed E-state index contributed by atoms with van der Waals surface area (Å²) < 4.78 is 36.0. The van der Waals surface area contributed by atoms with E-state index in [0.717, 1.165) is 63.5 Å². The first kappa shape index (κ1) is 30.5. The Morgan fingerprint density at radius 2 is 1.77 bits per heavy atom. The average Bonchev–Trinajstić information content (AvgIpc) is 3.59. The number of hydrogen-bond acceptors (Lipinski definition) is 5. The molecule has 10 nitrogen and oxygen atoms in total. The van der Waals surface area contributed by atoms with Crippen LogP contribution in [-0.4, -0.2) is 71.6 Å². The van der Waals surface area contributed by atoms with Crippen LogP contribution in [-0.2, 0) is 16.8 Å². The topological polar surface area (TPSA) is 121 Å². The van der Waals surface area contributed by atoms with Gasteiger partial charge in [0.1, 0.15) is 5.75 Å². The van der Waals surface area contributed by atoms with Crippen LogP contribution in [0.25, 0.3) is 22.2 Å². The lowest BCUT2D eigenvalue weighted by atomic mass is 9.81. The third-order valence-electron chi connectivity index (χ3n) is 9.76. The van der Waals surface area contributed by atoms with Gasteiger partial charge in [0.05, 0.1) is 18.3 Å². The quantitative estimate of drug-likeness (QED) is 0.352. The first-order valence-electron chi connectivity index (χ1n) is 15.3. The maximum atomic E-state index is 13.3. The molecular formula is C33H42N4O6S. The van der Waals surface area contributed by atoms with Gasteiger partial charge in [-0.25, -0.2) is 9.52 Å². The van der Waals surface area contributed by atoms with E-state index in [1.165, 1.54) is 26.1 Å². The van der Waals surface area contributed by atoms with Gasteiger partial charge >= 0.3 is 16.3 Å². The van der Waals surface area contributed by atoms with Crippen molar-refractivity contribution >= 4 is 33.1 Å². The fraction of sp³-hybridized carbons (Fsp3) is 0.515. The number of rotatable bonds is 6. The van der Waals surface area contributed by atoms with Crippen molar-refractivity contribution < 1.29 is 27.9 Å². The van der Waals surface area contributed by atoms with Crippen LogP contribution < -0.4 is 9.46 Å². The van der Waals surface area contributed by atoms with Crippen molar-refractivity contribution in [2.75, 3.05) is 21.2 Å². The SMILES string of the molecule is COc1ccc2c(c1)[C@H]1C[C@@]1(N(C(=O)O)C(C)(C)C)Cn1c-2c(C2CCCCC2)c2ccc(C(=O)NS(=O)(=O)N(C)C)cc21. The van der Waals surface area contributed by atoms with Crippen LogP contribution in [0.4, 0.5) is 4.79 Å². The Bertz CT molecular complexity index is 1770. The van der Waals surface area contributed by atoms with Gasteiger partial charge < -0.3 is 14.4 Å². The number of hydrogen-bond donors (Lipinski definition) is 2. The Morgan fingerprint density at radius 3 is 2.39 bits per heavy atom. The lowest BCUT2D eigenvalue weighted by Crippen LogP contribution is -2.55. The maximum absolute atomic E-state index is 13.3. The number of carbonyl (C=O) groups excluding carboxylic acids is 1. The molecule has 1 aromatic heterocycles. The highest BCUT2D eigenvalue weighted by Gasteiger charge is 2.65. The molecule has 2 N–H and O–H groups in total. The average molecular weight is 623 g/mol. The van der Waals surface area contributed by atoms with E-state index in [1.54, 1.807) is 24.1 Å². The van der Waals surface area contributed by atoms with E-state index in [4.69, 9.17) is 4.74 Å². The molecule has 3 aromatic rings. The maximum Gasteiger partial charge on any atom is 0.408 e. The van der Waals surface area contributed by atoms with Gasteiger partial charge in [-0.2, -0.15) is 12.7 Å². The number of benzene rings is 2. The highest BCUT2D eigenvalue weighted by Crippen LogP contribution is 2.63. The molecule has 2 aliphatic carbocycles. The second-order valence-electron chi connectivity index (χ2n) is 13.7.